The molecule has 2 fully saturated rings. The van der Waals surface area contributed by atoms with Gasteiger partial charge in [-0.15, -0.1) is 11.3 Å². The van der Waals surface area contributed by atoms with Crippen molar-refractivity contribution in [2.45, 2.75) is 42.0 Å². The summed E-state index contributed by atoms with van der Waals surface area (Å²) in [5.74, 6) is -4.82. The van der Waals surface area contributed by atoms with E-state index in [2.05, 4.69) is 4.72 Å². The van der Waals surface area contributed by atoms with E-state index in [1.54, 1.807) is 0 Å². The Balaban J connectivity index is 1.54. The smallest absolute Gasteiger partial charge is 0.324 e. The molecule has 5 nitrogen and oxygen atoms in total. The van der Waals surface area contributed by atoms with Gasteiger partial charge >= 0.3 is 5.97 Å². The van der Waals surface area contributed by atoms with Gasteiger partial charge in [0.25, 0.3) is 15.9 Å². The van der Waals surface area contributed by atoms with Crippen LogP contribution in [0.1, 0.15) is 19.8 Å². The molecule has 2 aliphatic carbocycles. The molecule has 23 heavy (non-hydrogen) atoms. The average molecular weight is 386 g/mol. The first-order valence-corrected chi connectivity index (χ1v) is 9.65. The number of fused-ring (bicyclic) bond motifs is 1. The predicted molar refractivity (Wildman–Crippen MR) is 80.2 cm³/mol. The molecule has 3 unspecified atom stereocenters. The SMILES string of the molecule is CC(NS(=O)(=O)c1ccc(Cl)s1)C(=O)OC1CC2C(C1)C2(F)F. The molecule has 0 saturated heterocycles. The van der Waals surface area contributed by atoms with Crippen LogP contribution in [-0.4, -0.2) is 32.5 Å². The molecule has 1 heterocycles. The Kier molecular flexibility index (Phi) is 4.19. The van der Waals surface area contributed by atoms with Gasteiger partial charge in [-0.05, 0) is 31.9 Å². The summed E-state index contributed by atoms with van der Waals surface area (Å²) in [5, 5.41) is 0. The summed E-state index contributed by atoms with van der Waals surface area (Å²) >= 11 is 6.56. The van der Waals surface area contributed by atoms with Crippen LogP contribution in [0.3, 0.4) is 0 Å². The van der Waals surface area contributed by atoms with Crippen LogP contribution in [0.15, 0.2) is 16.3 Å². The number of carbonyl (C=O) groups excluding carboxylic acids is 1. The topological polar surface area (TPSA) is 72.5 Å². The van der Waals surface area contributed by atoms with Crippen molar-refractivity contribution in [1.29, 1.82) is 0 Å². The Morgan fingerprint density at radius 2 is 2.04 bits per heavy atom. The Labute approximate surface area is 141 Å². The van der Waals surface area contributed by atoms with Gasteiger partial charge in [0.2, 0.25) is 0 Å². The number of hydrogen-bond acceptors (Lipinski definition) is 5. The number of esters is 1. The van der Waals surface area contributed by atoms with Crippen LogP contribution in [0.2, 0.25) is 4.34 Å². The van der Waals surface area contributed by atoms with Gasteiger partial charge in [-0.1, -0.05) is 11.6 Å². The van der Waals surface area contributed by atoms with Crippen LogP contribution in [0.4, 0.5) is 8.78 Å². The van der Waals surface area contributed by atoms with E-state index >= 15 is 0 Å². The van der Waals surface area contributed by atoms with Gasteiger partial charge in [0, 0.05) is 11.8 Å². The zero-order valence-electron chi connectivity index (χ0n) is 12.0. The highest BCUT2D eigenvalue weighted by molar-refractivity contribution is 7.91. The predicted octanol–water partition coefficient (Wildman–Crippen LogP) is 2.66. The van der Waals surface area contributed by atoms with Gasteiger partial charge in [-0.25, -0.2) is 17.2 Å². The standard InChI is InChI=1S/C13H14ClF2NO4S2/c1-6(17-23(19,20)11-3-2-10(14)22-11)12(18)21-7-4-8-9(5-7)13(8,15)16/h2-3,6-9,17H,4-5H2,1H3. The first-order chi connectivity index (χ1) is 10.6. The molecular formula is C13H14ClF2NO4S2. The first-order valence-electron chi connectivity index (χ1n) is 6.97. The summed E-state index contributed by atoms with van der Waals surface area (Å²) < 4.78 is 57.9. The van der Waals surface area contributed by atoms with E-state index in [1.807, 2.05) is 0 Å². The third-order valence-electron chi connectivity index (χ3n) is 4.18. The number of rotatable bonds is 5. The fourth-order valence-electron chi connectivity index (χ4n) is 2.91. The van der Waals surface area contributed by atoms with Gasteiger partial charge in [0.05, 0.1) is 4.34 Å². The highest BCUT2D eigenvalue weighted by Gasteiger charge is 2.72. The summed E-state index contributed by atoms with van der Waals surface area (Å²) in [6.45, 7) is 1.35. The molecule has 10 heteroatoms. The van der Waals surface area contributed by atoms with Crippen LogP contribution in [0.5, 0.6) is 0 Å². The molecule has 2 aliphatic rings. The maximum Gasteiger partial charge on any atom is 0.324 e. The molecule has 0 bridgehead atoms. The van der Waals surface area contributed by atoms with Crippen LogP contribution >= 0.6 is 22.9 Å². The Morgan fingerprint density at radius 3 is 2.57 bits per heavy atom. The lowest BCUT2D eigenvalue weighted by Crippen LogP contribution is -2.40. The summed E-state index contributed by atoms with van der Waals surface area (Å²) in [7, 11) is -3.87. The van der Waals surface area contributed by atoms with Crippen molar-refractivity contribution in [3.63, 3.8) is 0 Å². The van der Waals surface area contributed by atoms with E-state index in [1.165, 1.54) is 19.1 Å². The summed E-state index contributed by atoms with van der Waals surface area (Å²) in [6, 6.07) is 1.66. The number of nitrogens with one attached hydrogen (secondary N) is 1. The van der Waals surface area contributed by atoms with Gasteiger partial charge in [0.1, 0.15) is 16.4 Å². The molecule has 1 aromatic rings. The van der Waals surface area contributed by atoms with Crippen LogP contribution in [-0.2, 0) is 19.6 Å². The molecule has 3 rings (SSSR count). The van der Waals surface area contributed by atoms with Gasteiger partial charge < -0.3 is 4.74 Å². The molecule has 2 saturated carbocycles. The minimum absolute atomic E-state index is 0.0103. The van der Waals surface area contributed by atoms with Crippen LogP contribution in [0, 0.1) is 11.8 Å². The maximum absolute atomic E-state index is 13.1. The van der Waals surface area contributed by atoms with Crippen LogP contribution < -0.4 is 4.72 Å². The van der Waals surface area contributed by atoms with Crippen molar-refractivity contribution in [3.8, 4) is 0 Å². The minimum atomic E-state index is -3.87. The van der Waals surface area contributed by atoms with E-state index in [0.717, 1.165) is 11.3 Å². The fourth-order valence-corrected chi connectivity index (χ4v) is 5.60. The third kappa shape index (κ3) is 3.24. The third-order valence-corrected chi connectivity index (χ3v) is 7.44. The number of hydrogen-bond donors (Lipinski definition) is 1. The monoisotopic (exact) mass is 385 g/mol. The lowest BCUT2D eigenvalue weighted by atomic mass is 10.2. The Hall–Kier alpha value is -0.770. The van der Waals surface area contributed by atoms with E-state index in [0.29, 0.717) is 4.34 Å². The largest absolute Gasteiger partial charge is 0.461 e. The fraction of sp³-hybridized carbons (Fsp3) is 0.615. The zero-order chi connectivity index (χ0) is 17.0. The molecule has 1 N–H and O–H groups in total. The van der Waals surface area contributed by atoms with Crippen molar-refractivity contribution in [2.24, 2.45) is 11.8 Å². The highest BCUT2D eigenvalue weighted by Crippen LogP contribution is 2.64. The number of ether oxygens (including phenoxy) is 1. The molecule has 0 spiro atoms. The van der Waals surface area contributed by atoms with Crippen molar-refractivity contribution in [3.05, 3.63) is 16.5 Å². The number of thiophene rings is 1. The summed E-state index contributed by atoms with van der Waals surface area (Å²) in [4.78, 5) is 11.9. The van der Waals surface area contributed by atoms with Gasteiger partial charge in [0.15, 0.2) is 0 Å². The number of halogens is 3. The second kappa shape index (κ2) is 5.65. The van der Waals surface area contributed by atoms with Crippen LogP contribution in [0.25, 0.3) is 0 Å². The normalized spacial score (nSPS) is 29.8. The van der Waals surface area contributed by atoms with Crippen molar-refractivity contribution < 1.29 is 26.7 Å². The van der Waals surface area contributed by atoms with Gasteiger partial charge in [-0.2, -0.15) is 4.72 Å². The Morgan fingerprint density at radius 1 is 1.43 bits per heavy atom. The summed E-state index contributed by atoms with van der Waals surface area (Å²) in [5.41, 5.74) is 0. The number of sulfonamides is 1. The molecular weight excluding hydrogens is 372 g/mol. The molecule has 128 valence electrons. The van der Waals surface area contributed by atoms with E-state index < -0.39 is 45.9 Å². The van der Waals surface area contributed by atoms with E-state index in [-0.39, 0.29) is 17.1 Å². The van der Waals surface area contributed by atoms with Crippen molar-refractivity contribution in [2.75, 3.05) is 0 Å². The molecule has 0 radical (unpaired) electrons. The van der Waals surface area contributed by atoms with E-state index in [9.17, 15) is 22.0 Å². The van der Waals surface area contributed by atoms with Crippen molar-refractivity contribution >= 4 is 38.9 Å². The molecule has 0 aromatic carbocycles. The Bertz CT molecular complexity index is 722. The average Bonchev–Trinajstić information content (AvgIpc) is 2.87. The highest BCUT2D eigenvalue weighted by atomic mass is 35.5. The molecule has 0 aliphatic heterocycles. The quantitative estimate of drug-likeness (QED) is 0.791. The molecule has 1 aromatic heterocycles. The molecule has 0 amide bonds. The summed E-state index contributed by atoms with van der Waals surface area (Å²) in [6.07, 6.45) is -0.312. The van der Waals surface area contributed by atoms with E-state index in [4.69, 9.17) is 16.3 Å². The number of carbonyl (C=O) groups is 1. The van der Waals surface area contributed by atoms with Crippen molar-refractivity contribution in [1.82, 2.24) is 4.72 Å². The second-order valence-corrected chi connectivity index (χ2v) is 9.48. The second-order valence-electron chi connectivity index (χ2n) is 5.82. The lowest BCUT2D eigenvalue weighted by Gasteiger charge is -2.19. The number of alkyl halides is 2. The zero-order valence-corrected chi connectivity index (χ0v) is 14.4. The van der Waals surface area contributed by atoms with Gasteiger partial charge in [-0.3, -0.25) is 4.79 Å². The molecule has 3 atom stereocenters. The first kappa shape index (κ1) is 17.1. The maximum atomic E-state index is 13.1. The minimum Gasteiger partial charge on any atom is -0.461 e. The lowest BCUT2D eigenvalue weighted by molar-refractivity contribution is -0.151.